The molecule has 0 spiro atoms. The average molecular weight is 334 g/mol. The van der Waals surface area contributed by atoms with Crippen molar-refractivity contribution in [2.24, 2.45) is 0 Å². The number of hydrogen-bond acceptors (Lipinski definition) is 4. The monoisotopic (exact) mass is 334 g/mol. The predicted octanol–water partition coefficient (Wildman–Crippen LogP) is 2.78. The zero-order valence-electron chi connectivity index (χ0n) is 13.6. The van der Waals surface area contributed by atoms with Crippen LogP contribution in [0, 0.1) is 0 Å². The lowest BCUT2D eigenvalue weighted by molar-refractivity contribution is -0.138. The van der Waals surface area contributed by atoms with Crippen molar-refractivity contribution in [2.75, 3.05) is 18.6 Å². The van der Waals surface area contributed by atoms with Crippen molar-refractivity contribution in [3.8, 4) is 0 Å². The standard InChI is InChI=1S/C17H22N2O3S/c1-4-12-5-7-13(8-6-12)15-14(11(2)18-17(21)19-15)16(20)22-9-10-23-3/h5-8,15H,4,9-10H2,1-3H3,(H2,18,19,21). The van der Waals surface area contributed by atoms with Crippen molar-refractivity contribution in [3.05, 3.63) is 46.7 Å². The second-order valence-corrected chi connectivity index (χ2v) is 6.28. The smallest absolute Gasteiger partial charge is 0.338 e. The zero-order valence-corrected chi connectivity index (χ0v) is 14.5. The second kappa shape index (κ2) is 8.06. The fourth-order valence-corrected chi connectivity index (χ4v) is 2.71. The molecule has 124 valence electrons. The van der Waals surface area contributed by atoms with E-state index in [2.05, 4.69) is 17.6 Å². The minimum Gasteiger partial charge on any atom is -0.461 e. The maximum Gasteiger partial charge on any atom is 0.338 e. The second-order valence-electron chi connectivity index (χ2n) is 5.29. The maximum absolute atomic E-state index is 12.4. The number of rotatable bonds is 6. The number of nitrogens with one attached hydrogen (secondary N) is 2. The fourth-order valence-electron chi connectivity index (χ4n) is 2.46. The minimum absolute atomic E-state index is 0.312. The number of aryl methyl sites for hydroxylation is 1. The van der Waals surface area contributed by atoms with Gasteiger partial charge in [-0.3, -0.25) is 0 Å². The molecular weight excluding hydrogens is 312 g/mol. The summed E-state index contributed by atoms with van der Waals surface area (Å²) in [5.74, 6) is 0.349. The lowest BCUT2D eigenvalue weighted by atomic mass is 9.94. The number of esters is 1. The van der Waals surface area contributed by atoms with Gasteiger partial charge in [0.15, 0.2) is 0 Å². The number of carbonyl (C=O) groups is 2. The fraction of sp³-hybridized carbons (Fsp3) is 0.412. The Kier molecular flexibility index (Phi) is 6.10. The third-order valence-electron chi connectivity index (χ3n) is 3.73. The molecule has 0 bridgehead atoms. The molecule has 1 aromatic carbocycles. The molecule has 6 heteroatoms. The molecule has 2 amide bonds. The molecule has 1 aliphatic heterocycles. The van der Waals surface area contributed by atoms with Gasteiger partial charge < -0.3 is 15.4 Å². The van der Waals surface area contributed by atoms with E-state index in [0.717, 1.165) is 17.7 Å². The molecule has 0 aromatic heterocycles. The number of amides is 2. The lowest BCUT2D eigenvalue weighted by Gasteiger charge is -2.28. The highest BCUT2D eigenvalue weighted by Crippen LogP contribution is 2.27. The average Bonchev–Trinajstić information content (AvgIpc) is 2.54. The van der Waals surface area contributed by atoms with Crippen molar-refractivity contribution in [2.45, 2.75) is 26.3 Å². The molecule has 23 heavy (non-hydrogen) atoms. The van der Waals surface area contributed by atoms with E-state index < -0.39 is 12.0 Å². The van der Waals surface area contributed by atoms with Crippen LogP contribution >= 0.6 is 11.8 Å². The summed E-state index contributed by atoms with van der Waals surface area (Å²) in [4.78, 5) is 24.2. The van der Waals surface area contributed by atoms with Crippen LogP contribution in [0.2, 0.25) is 0 Å². The minimum atomic E-state index is -0.489. The third-order valence-corrected chi connectivity index (χ3v) is 4.31. The Morgan fingerprint density at radius 2 is 2.00 bits per heavy atom. The van der Waals surface area contributed by atoms with Gasteiger partial charge in [0.2, 0.25) is 0 Å². The molecule has 1 aliphatic rings. The summed E-state index contributed by atoms with van der Waals surface area (Å²) in [6.45, 7) is 4.16. The Labute approximate surface area is 140 Å². The third kappa shape index (κ3) is 4.28. The highest BCUT2D eigenvalue weighted by atomic mass is 32.2. The van der Waals surface area contributed by atoms with Gasteiger partial charge in [0.05, 0.1) is 11.6 Å². The van der Waals surface area contributed by atoms with Gasteiger partial charge in [0.1, 0.15) is 6.61 Å². The van der Waals surface area contributed by atoms with Crippen LogP contribution in [0.15, 0.2) is 35.5 Å². The molecule has 0 saturated carbocycles. The predicted molar refractivity (Wildman–Crippen MR) is 92.3 cm³/mol. The van der Waals surface area contributed by atoms with Crippen molar-refractivity contribution in [3.63, 3.8) is 0 Å². The van der Waals surface area contributed by atoms with Crippen LogP contribution in [0.3, 0.4) is 0 Å². The molecule has 1 aromatic rings. The van der Waals surface area contributed by atoms with E-state index in [1.165, 1.54) is 5.56 Å². The first-order valence-corrected chi connectivity index (χ1v) is 8.99. The summed E-state index contributed by atoms with van der Waals surface area (Å²) < 4.78 is 5.32. The van der Waals surface area contributed by atoms with Gasteiger partial charge in [0.25, 0.3) is 0 Å². The summed E-state index contributed by atoms with van der Waals surface area (Å²) in [5, 5.41) is 5.45. The van der Waals surface area contributed by atoms with Gasteiger partial charge in [0, 0.05) is 11.4 Å². The van der Waals surface area contributed by atoms with Gasteiger partial charge in [-0.05, 0) is 30.7 Å². The molecule has 1 atom stereocenters. The number of carbonyl (C=O) groups excluding carboxylic acids is 2. The summed E-state index contributed by atoms with van der Waals surface area (Å²) in [7, 11) is 0. The van der Waals surface area contributed by atoms with E-state index in [-0.39, 0.29) is 6.03 Å². The number of hydrogen-bond donors (Lipinski definition) is 2. The van der Waals surface area contributed by atoms with Crippen LogP contribution in [-0.2, 0) is 16.0 Å². The molecule has 5 nitrogen and oxygen atoms in total. The largest absolute Gasteiger partial charge is 0.461 e. The molecule has 0 radical (unpaired) electrons. The topological polar surface area (TPSA) is 67.4 Å². The van der Waals surface area contributed by atoms with E-state index in [1.54, 1.807) is 18.7 Å². The number of ether oxygens (including phenoxy) is 1. The summed E-state index contributed by atoms with van der Waals surface area (Å²) in [6, 6.07) is 7.10. The first kappa shape index (κ1) is 17.4. The summed E-state index contributed by atoms with van der Waals surface area (Å²) in [5.41, 5.74) is 3.06. The van der Waals surface area contributed by atoms with Gasteiger partial charge in [-0.1, -0.05) is 31.2 Å². The van der Waals surface area contributed by atoms with Crippen LogP contribution in [0.5, 0.6) is 0 Å². The van der Waals surface area contributed by atoms with Gasteiger partial charge in [-0.15, -0.1) is 0 Å². The van der Waals surface area contributed by atoms with E-state index in [9.17, 15) is 9.59 Å². The SMILES string of the molecule is CCc1ccc(C2NC(=O)NC(C)=C2C(=O)OCCSC)cc1. The van der Waals surface area contributed by atoms with E-state index in [4.69, 9.17) is 4.74 Å². The van der Waals surface area contributed by atoms with Crippen molar-refractivity contribution in [1.29, 1.82) is 0 Å². The highest BCUT2D eigenvalue weighted by Gasteiger charge is 2.32. The highest BCUT2D eigenvalue weighted by molar-refractivity contribution is 7.98. The Bertz CT molecular complexity index is 611. The zero-order chi connectivity index (χ0) is 16.8. The van der Waals surface area contributed by atoms with Crippen molar-refractivity contribution >= 4 is 23.8 Å². The Morgan fingerprint density at radius 3 is 2.61 bits per heavy atom. The van der Waals surface area contributed by atoms with Crippen LogP contribution in [0.4, 0.5) is 4.79 Å². The maximum atomic E-state index is 12.4. The number of benzene rings is 1. The molecule has 1 unspecified atom stereocenters. The van der Waals surface area contributed by atoms with E-state index in [0.29, 0.717) is 17.9 Å². The normalized spacial score (nSPS) is 17.5. The lowest BCUT2D eigenvalue weighted by Crippen LogP contribution is -2.45. The first-order chi connectivity index (χ1) is 11.1. The number of urea groups is 1. The number of thioether (sulfide) groups is 1. The summed E-state index contributed by atoms with van der Waals surface area (Å²) >= 11 is 1.61. The molecule has 2 rings (SSSR count). The Balaban J connectivity index is 2.27. The number of allylic oxidation sites excluding steroid dienone is 1. The van der Waals surface area contributed by atoms with E-state index in [1.807, 2.05) is 30.5 Å². The van der Waals surface area contributed by atoms with Crippen LogP contribution in [-0.4, -0.2) is 30.6 Å². The van der Waals surface area contributed by atoms with Gasteiger partial charge >= 0.3 is 12.0 Å². The molecule has 0 aliphatic carbocycles. The van der Waals surface area contributed by atoms with Crippen molar-refractivity contribution < 1.29 is 14.3 Å². The van der Waals surface area contributed by atoms with Gasteiger partial charge in [-0.25, -0.2) is 9.59 Å². The van der Waals surface area contributed by atoms with Crippen LogP contribution < -0.4 is 10.6 Å². The van der Waals surface area contributed by atoms with Crippen LogP contribution in [0.1, 0.15) is 31.0 Å². The van der Waals surface area contributed by atoms with Crippen molar-refractivity contribution in [1.82, 2.24) is 10.6 Å². The Hall–Kier alpha value is -1.95. The molecular formula is C17H22N2O3S. The summed E-state index contributed by atoms with van der Waals surface area (Å²) in [6.07, 6.45) is 2.90. The first-order valence-electron chi connectivity index (χ1n) is 7.60. The molecule has 0 fully saturated rings. The van der Waals surface area contributed by atoms with Gasteiger partial charge in [-0.2, -0.15) is 11.8 Å². The quantitative estimate of drug-likeness (QED) is 0.620. The molecule has 0 saturated heterocycles. The Morgan fingerprint density at radius 1 is 1.30 bits per heavy atom. The van der Waals surface area contributed by atoms with E-state index >= 15 is 0 Å². The van der Waals surface area contributed by atoms with Crippen LogP contribution in [0.25, 0.3) is 0 Å². The molecule has 2 N–H and O–H groups in total. The molecule has 1 heterocycles.